The number of nitrogens with zero attached hydrogens (tertiary/aromatic N) is 2. The van der Waals surface area contributed by atoms with Crippen LogP contribution in [0.4, 0.5) is 23.1 Å². The van der Waals surface area contributed by atoms with Gasteiger partial charge in [0.15, 0.2) is 11.5 Å². The number of carbonyl (C=O) groups is 8. The lowest BCUT2D eigenvalue weighted by Gasteiger charge is -2.34. The molecular formula is C58H61N9O13. The lowest BCUT2D eigenvalue weighted by Crippen LogP contribution is -2.50. The lowest BCUT2D eigenvalue weighted by atomic mass is 10.1. The highest BCUT2D eigenvalue weighted by Gasteiger charge is 2.31. The first-order valence-corrected chi connectivity index (χ1v) is 25.7. The van der Waals surface area contributed by atoms with Gasteiger partial charge in [0.1, 0.15) is 44.6 Å². The molecular weight excluding hydrogens is 1030 g/mol. The van der Waals surface area contributed by atoms with Crippen molar-refractivity contribution in [2.45, 2.75) is 89.1 Å². The quantitative estimate of drug-likeness (QED) is 0.0201. The lowest BCUT2D eigenvalue weighted by molar-refractivity contribution is -0.151. The van der Waals surface area contributed by atoms with Gasteiger partial charge in [-0.15, -0.1) is 0 Å². The minimum absolute atomic E-state index is 0.00800. The molecule has 0 radical (unpaired) electrons. The number of fused-ring (bicyclic) bond motifs is 1. The minimum atomic E-state index is -1.40. The summed E-state index contributed by atoms with van der Waals surface area (Å²) in [6.45, 7) is 0.0526. The van der Waals surface area contributed by atoms with E-state index in [1.807, 2.05) is 6.07 Å². The number of H-pyrrole nitrogens is 1. The number of hydrogen-bond acceptors (Lipinski definition) is 17. The number of benzene rings is 5. The molecule has 0 fully saturated rings. The minimum Gasteiger partial charge on any atom is -0.461 e. The maximum atomic E-state index is 13.8. The predicted molar refractivity (Wildman–Crippen MR) is 293 cm³/mol. The number of esters is 4. The van der Waals surface area contributed by atoms with E-state index in [0.717, 1.165) is 5.56 Å². The Balaban J connectivity index is 0.984. The number of anilines is 4. The van der Waals surface area contributed by atoms with Gasteiger partial charge in [0, 0.05) is 43.6 Å². The highest BCUT2D eigenvalue weighted by Crippen LogP contribution is 2.25. The van der Waals surface area contributed by atoms with Crippen molar-refractivity contribution in [1.82, 2.24) is 25.9 Å². The van der Waals surface area contributed by atoms with Crippen molar-refractivity contribution in [3.8, 4) is 0 Å². The van der Waals surface area contributed by atoms with Crippen LogP contribution < -0.4 is 42.8 Å². The maximum Gasteiger partial charge on any atom is 0.328 e. The number of nitrogen functional groups attached to an aromatic ring is 1. The van der Waals surface area contributed by atoms with Crippen LogP contribution in [0.1, 0.15) is 71.1 Å². The summed E-state index contributed by atoms with van der Waals surface area (Å²) in [5, 5.41) is 14.1. The van der Waals surface area contributed by atoms with E-state index in [0.29, 0.717) is 28.8 Å². The zero-order chi connectivity index (χ0) is 56.6. The highest BCUT2D eigenvalue weighted by atomic mass is 16.5. The van der Waals surface area contributed by atoms with Crippen LogP contribution >= 0.6 is 0 Å². The Kier molecular flexibility index (Phi) is 21.4. The Bertz CT molecular complexity index is 3110. The van der Waals surface area contributed by atoms with Gasteiger partial charge in [0.05, 0.1) is 6.04 Å². The number of ether oxygens (including phenoxy) is 4. The molecule has 2 heterocycles. The highest BCUT2D eigenvalue weighted by molar-refractivity contribution is 5.97. The number of hydrogen-bond donors (Lipinski definition) is 7. The van der Waals surface area contributed by atoms with Crippen LogP contribution in [0.2, 0.25) is 0 Å². The average Bonchev–Trinajstić information content (AvgIpc) is 3.55. The third-order valence-electron chi connectivity index (χ3n) is 12.6. The van der Waals surface area contributed by atoms with E-state index in [1.54, 1.807) is 127 Å². The second-order valence-corrected chi connectivity index (χ2v) is 18.5. The molecule has 5 aromatic carbocycles. The molecule has 0 spiro atoms. The predicted octanol–water partition coefficient (Wildman–Crippen LogP) is 4.60. The number of aromatic amines is 1. The summed E-state index contributed by atoms with van der Waals surface area (Å²) in [7, 11) is 0. The normalized spacial score (nSPS) is 13.6. The summed E-state index contributed by atoms with van der Waals surface area (Å²) in [5.41, 5.74) is 8.58. The Morgan fingerprint density at radius 2 is 1.01 bits per heavy atom. The van der Waals surface area contributed by atoms with Crippen molar-refractivity contribution in [1.29, 1.82) is 0 Å². The van der Waals surface area contributed by atoms with E-state index in [4.69, 9.17) is 24.7 Å². The summed E-state index contributed by atoms with van der Waals surface area (Å²) in [6, 6.07) is 37.1. The van der Waals surface area contributed by atoms with E-state index >= 15 is 0 Å². The third-order valence-corrected chi connectivity index (χ3v) is 12.6. The molecule has 7 rings (SSSR count). The zero-order valence-corrected chi connectivity index (χ0v) is 43.5. The monoisotopic (exact) mass is 1090 g/mol. The van der Waals surface area contributed by atoms with Crippen LogP contribution in [0.5, 0.6) is 0 Å². The molecule has 1 aliphatic heterocycles. The van der Waals surface area contributed by atoms with Crippen molar-refractivity contribution >= 4 is 71.1 Å². The Labute approximate surface area is 460 Å². The summed E-state index contributed by atoms with van der Waals surface area (Å²) in [4.78, 5) is 127. The number of amides is 4. The Morgan fingerprint density at radius 1 is 0.588 bits per heavy atom. The number of aromatic nitrogens is 2. The topological polar surface area (TPSA) is 309 Å². The van der Waals surface area contributed by atoms with Gasteiger partial charge in [-0.25, -0.2) is 14.4 Å². The van der Waals surface area contributed by atoms with Crippen molar-refractivity contribution in [3.63, 3.8) is 0 Å². The smallest absolute Gasteiger partial charge is 0.328 e. The van der Waals surface area contributed by atoms with Gasteiger partial charge >= 0.3 is 23.9 Å². The summed E-state index contributed by atoms with van der Waals surface area (Å²) >= 11 is 0. The SMILES string of the molecule is Nc1nc2c(c(=O)[nH]1)N(C=O)[C@@H](CNc1ccc(C(=O)N[C@@H](CCC(=O)N[C@@H](CCC(=O)N[C@@H](CCC(=O)OCc3ccccc3)C(=O)OCc3ccccc3)C(=O)OCc3ccccc3)C(=O)OCc3ccccc3)cc1)CN2. The standard InChI is InChI=1S/C58H61N9O13/c59-58-65-52-51(54(73)66-58)67(37-68)44(32-61-52)31-60-43-23-21-42(22-24-43)53(72)64-47(57(76)80-36-41-19-11-4-12-20-41)26-29-49(70)62-45(55(74)78-34-39-15-7-2-8-16-39)25-28-48(69)63-46(56(75)79-35-40-17-9-3-10-18-40)27-30-50(71)77-33-38-13-5-1-6-14-38/h1-24,37,44-47,60H,25-36H2,(H,62,70)(H,63,69)(H,64,72)(H4,59,61,65,66,73)/t44-,45-,46-,47-/m0/s1. The summed E-state index contributed by atoms with van der Waals surface area (Å²) in [5.74, 6) is -5.18. The first kappa shape index (κ1) is 57.8. The molecule has 6 aromatic rings. The van der Waals surface area contributed by atoms with Crippen molar-refractivity contribution in [2.75, 3.05) is 34.4 Å². The molecule has 0 aliphatic carbocycles. The fourth-order valence-electron chi connectivity index (χ4n) is 8.26. The van der Waals surface area contributed by atoms with E-state index in [9.17, 15) is 43.2 Å². The molecule has 4 amide bonds. The first-order valence-electron chi connectivity index (χ1n) is 25.7. The zero-order valence-electron chi connectivity index (χ0n) is 43.5. The number of nitrogens with two attached hydrogens (primary N) is 1. The van der Waals surface area contributed by atoms with Crippen molar-refractivity contribution in [2.24, 2.45) is 0 Å². The van der Waals surface area contributed by atoms with Crippen LogP contribution in [0.15, 0.2) is 150 Å². The van der Waals surface area contributed by atoms with E-state index in [-0.39, 0.29) is 88.2 Å². The van der Waals surface area contributed by atoms with Gasteiger partial charge in [-0.2, -0.15) is 4.98 Å². The number of nitrogens with one attached hydrogen (secondary N) is 6. The van der Waals surface area contributed by atoms with Crippen molar-refractivity contribution < 1.29 is 57.3 Å². The summed E-state index contributed by atoms with van der Waals surface area (Å²) < 4.78 is 22.1. The van der Waals surface area contributed by atoms with Gasteiger partial charge in [-0.1, -0.05) is 121 Å². The number of rotatable bonds is 28. The van der Waals surface area contributed by atoms with Gasteiger partial charge < -0.3 is 56.2 Å². The van der Waals surface area contributed by atoms with E-state index < -0.39 is 84.2 Å². The molecule has 22 heteroatoms. The molecule has 0 saturated heterocycles. The van der Waals surface area contributed by atoms with E-state index in [2.05, 4.69) is 36.6 Å². The largest absolute Gasteiger partial charge is 0.461 e. The van der Waals surface area contributed by atoms with Crippen LogP contribution in [-0.2, 0) is 78.9 Å². The first-order chi connectivity index (χ1) is 38.8. The third kappa shape index (κ3) is 17.9. The van der Waals surface area contributed by atoms with Crippen LogP contribution in [0.25, 0.3) is 0 Å². The molecule has 1 aromatic heterocycles. The summed E-state index contributed by atoms with van der Waals surface area (Å²) in [6.07, 6.45) is -1.27. The van der Waals surface area contributed by atoms with Crippen LogP contribution in [0.3, 0.4) is 0 Å². The molecule has 0 unspecified atom stereocenters. The molecule has 416 valence electrons. The fraction of sp³-hybridized carbons (Fsp3) is 0.276. The van der Waals surface area contributed by atoms with Gasteiger partial charge in [-0.3, -0.25) is 33.8 Å². The van der Waals surface area contributed by atoms with E-state index in [1.165, 1.54) is 17.0 Å². The van der Waals surface area contributed by atoms with Gasteiger partial charge in [0.2, 0.25) is 24.2 Å². The van der Waals surface area contributed by atoms with Crippen molar-refractivity contribution in [3.05, 3.63) is 184 Å². The second-order valence-electron chi connectivity index (χ2n) is 18.5. The number of carbonyl (C=O) groups excluding carboxylic acids is 8. The maximum absolute atomic E-state index is 13.8. The average molecular weight is 1090 g/mol. The van der Waals surface area contributed by atoms with Crippen LogP contribution in [0, 0.1) is 0 Å². The molecule has 0 bridgehead atoms. The van der Waals surface area contributed by atoms with Crippen LogP contribution in [-0.4, -0.2) is 95.2 Å². The Morgan fingerprint density at radius 3 is 1.46 bits per heavy atom. The molecule has 1 aliphatic rings. The molecule has 80 heavy (non-hydrogen) atoms. The van der Waals surface area contributed by atoms with Gasteiger partial charge in [0.25, 0.3) is 11.5 Å². The fourth-order valence-corrected chi connectivity index (χ4v) is 8.26. The Hall–Kier alpha value is -9.86. The second kappa shape index (κ2) is 29.6. The molecule has 0 saturated carbocycles. The molecule has 4 atom stereocenters. The van der Waals surface area contributed by atoms with Gasteiger partial charge in [-0.05, 0) is 65.8 Å². The molecule has 8 N–H and O–H groups in total. The molecule has 22 nitrogen and oxygen atoms in total.